The van der Waals surface area contributed by atoms with E-state index in [1.54, 1.807) is 24.3 Å². The highest BCUT2D eigenvalue weighted by Gasteiger charge is 2.01. The van der Waals surface area contributed by atoms with Gasteiger partial charge < -0.3 is 4.74 Å². The summed E-state index contributed by atoms with van der Waals surface area (Å²) in [7, 11) is 1.52. The molecular weight excluding hydrogens is 242 g/mol. The summed E-state index contributed by atoms with van der Waals surface area (Å²) < 4.78 is 5.09. The fourth-order valence-electron chi connectivity index (χ4n) is 1.09. The summed E-state index contributed by atoms with van der Waals surface area (Å²) >= 11 is 5.82. The van der Waals surface area contributed by atoms with Crippen molar-refractivity contribution in [1.82, 2.24) is 5.43 Å². The SMILES string of the molecule is COc1ccc(Cl)cc1C=NNC(=O)CC#N. The molecule has 0 fully saturated rings. The lowest BCUT2D eigenvalue weighted by atomic mass is 10.2. The molecule has 0 saturated heterocycles. The number of nitriles is 1. The van der Waals surface area contributed by atoms with Gasteiger partial charge >= 0.3 is 0 Å². The zero-order valence-corrected chi connectivity index (χ0v) is 9.86. The van der Waals surface area contributed by atoms with Crippen molar-refractivity contribution in [3.63, 3.8) is 0 Å². The number of carbonyl (C=O) groups excluding carboxylic acids is 1. The first-order valence-corrected chi connectivity index (χ1v) is 5.07. The van der Waals surface area contributed by atoms with Crippen molar-refractivity contribution in [2.45, 2.75) is 6.42 Å². The molecule has 1 aromatic carbocycles. The minimum absolute atomic E-state index is 0.232. The number of hydrazone groups is 1. The van der Waals surface area contributed by atoms with Crippen molar-refractivity contribution in [2.24, 2.45) is 5.10 Å². The monoisotopic (exact) mass is 251 g/mol. The van der Waals surface area contributed by atoms with E-state index in [1.807, 2.05) is 0 Å². The van der Waals surface area contributed by atoms with Crippen molar-refractivity contribution < 1.29 is 9.53 Å². The molecule has 17 heavy (non-hydrogen) atoms. The van der Waals surface area contributed by atoms with Gasteiger partial charge in [-0.1, -0.05) is 11.6 Å². The second kappa shape index (κ2) is 6.51. The maximum Gasteiger partial charge on any atom is 0.254 e. The molecule has 1 N–H and O–H groups in total. The van der Waals surface area contributed by atoms with Crippen LogP contribution in [0.15, 0.2) is 23.3 Å². The van der Waals surface area contributed by atoms with Gasteiger partial charge in [-0.3, -0.25) is 4.79 Å². The number of ether oxygens (including phenoxy) is 1. The largest absolute Gasteiger partial charge is 0.496 e. The molecule has 5 nitrogen and oxygen atoms in total. The van der Waals surface area contributed by atoms with Crippen LogP contribution >= 0.6 is 11.6 Å². The minimum atomic E-state index is -0.468. The molecule has 0 aliphatic carbocycles. The number of halogens is 1. The number of rotatable bonds is 4. The van der Waals surface area contributed by atoms with Crippen LogP contribution in [0.3, 0.4) is 0 Å². The first kappa shape index (κ1) is 13.0. The minimum Gasteiger partial charge on any atom is -0.496 e. The van der Waals surface area contributed by atoms with E-state index in [2.05, 4.69) is 10.5 Å². The summed E-state index contributed by atoms with van der Waals surface area (Å²) in [6.07, 6.45) is 1.17. The summed E-state index contributed by atoms with van der Waals surface area (Å²) in [5.74, 6) is 0.123. The maximum atomic E-state index is 10.9. The van der Waals surface area contributed by atoms with E-state index in [1.165, 1.54) is 13.3 Å². The first-order valence-electron chi connectivity index (χ1n) is 4.69. The molecule has 0 bridgehead atoms. The van der Waals surface area contributed by atoms with Crippen molar-refractivity contribution >= 4 is 23.7 Å². The van der Waals surface area contributed by atoms with E-state index in [9.17, 15) is 4.79 Å². The van der Waals surface area contributed by atoms with E-state index in [-0.39, 0.29) is 6.42 Å². The van der Waals surface area contributed by atoms with Gasteiger partial charge in [-0.15, -0.1) is 0 Å². The Kier molecular flexibility index (Phi) is 4.98. The standard InChI is InChI=1S/C11H10ClN3O2/c1-17-10-3-2-9(12)6-8(10)7-14-15-11(16)4-5-13/h2-3,6-7H,4H2,1H3,(H,15,16). The van der Waals surface area contributed by atoms with Crippen LogP contribution in [0.4, 0.5) is 0 Å². The van der Waals surface area contributed by atoms with E-state index < -0.39 is 5.91 Å². The third-order valence-corrected chi connectivity index (χ3v) is 2.06. The van der Waals surface area contributed by atoms with Crippen LogP contribution < -0.4 is 10.2 Å². The number of amides is 1. The third-order valence-electron chi connectivity index (χ3n) is 1.82. The molecule has 1 aromatic rings. The van der Waals surface area contributed by atoms with Crippen LogP contribution in [0, 0.1) is 11.3 Å². The average Bonchev–Trinajstić information content (AvgIpc) is 2.30. The fraction of sp³-hybridized carbons (Fsp3) is 0.182. The lowest BCUT2D eigenvalue weighted by Gasteiger charge is -2.04. The fourth-order valence-corrected chi connectivity index (χ4v) is 1.27. The smallest absolute Gasteiger partial charge is 0.254 e. The Balaban J connectivity index is 2.74. The van der Waals surface area contributed by atoms with Gasteiger partial charge in [0.05, 0.1) is 19.4 Å². The molecule has 1 amide bonds. The van der Waals surface area contributed by atoms with Gasteiger partial charge in [0.2, 0.25) is 0 Å². The Morgan fingerprint density at radius 3 is 3.12 bits per heavy atom. The third kappa shape index (κ3) is 4.13. The second-order valence-corrected chi connectivity index (χ2v) is 3.45. The molecule has 1 rings (SSSR count). The maximum absolute atomic E-state index is 10.9. The van der Waals surface area contributed by atoms with Crippen molar-refractivity contribution in [3.05, 3.63) is 28.8 Å². The van der Waals surface area contributed by atoms with Crippen LogP contribution in [-0.4, -0.2) is 19.2 Å². The van der Waals surface area contributed by atoms with Crippen LogP contribution in [0.5, 0.6) is 5.75 Å². The Hall–Kier alpha value is -2.06. The summed E-state index contributed by atoms with van der Waals surface area (Å²) in [5.41, 5.74) is 2.85. The molecular formula is C11H10ClN3O2. The summed E-state index contributed by atoms with van der Waals surface area (Å²) in [6.45, 7) is 0. The summed E-state index contributed by atoms with van der Waals surface area (Å²) in [6, 6.07) is 6.75. The predicted octanol–water partition coefficient (Wildman–Crippen LogP) is 1.71. The summed E-state index contributed by atoms with van der Waals surface area (Å²) in [4.78, 5) is 10.9. The Labute approximate surface area is 104 Å². The Morgan fingerprint density at radius 1 is 1.71 bits per heavy atom. The number of carbonyl (C=O) groups is 1. The highest BCUT2D eigenvalue weighted by molar-refractivity contribution is 6.30. The van der Waals surface area contributed by atoms with Gasteiger partial charge in [0.15, 0.2) is 0 Å². The van der Waals surface area contributed by atoms with Crippen LogP contribution in [0.2, 0.25) is 5.02 Å². The number of nitrogens with zero attached hydrogens (tertiary/aromatic N) is 2. The molecule has 0 aliphatic heterocycles. The van der Waals surface area contributed by atoms with Gasteiger partial charge in [0.1, 0.15) is 12.2 Å². The van der Waals surface area contributed by atoms with Gasteiger partial charge in [0, 0.05) is 10.6 Å². The zero-order valence-electron chi connectivity index (χ0n) is 9.11. The Bertz CT molecular complexity index is 480. The normalized spacial score (nSPS) is 9.94. The average molecular weight is 252 g/mol. The molecule has 0 aromatic heterocycles. The predicted molar refractivity (Wildman–Crippen MR) is 64.0 cm³/mol. The number of hydrogen-bond donors (Lipinski definition) is 1. The first-order chi connectivity index (χ1) is 8.17. The quantitative estimate of drug-likeness (QED) is 0.654. The molecule has 0 spiro atoms. The van der Waals surface area contributed by atoms with E-state index in [0.717, 1.165) is 0 Å². The molecule has 0 radical (unpaired) electrons. The van der Waals surface area contributed by atoms with E-state index in [4.69, 9.17) is 21.6 Å². The molecule has 0 aliphatic rings. The van der Waals surface area contributed by atoms with Crippen LogP contribution in [-0.2, 0) is 4.79 Å². The number of methoxy groups -OCH3 is 1. The van der Waals surface area contributed by atoms with Crippen molar-refractivity contribution in [2.75, 3.05) is 7.11 Å². The van der Waals surface area contributed by atoms with Crippen LogP contribution in [0.1, 0.15) is 12.0 Å². The van der Waals surface area contributed by atoms with Gasteiger partial charge in [-0.25, -0.2) is 5.43 Å². The van der Waals surface area contributed by atoms with Crippen molar-refractivity contribution in [3.8, 4) is 11.8 Å². The second-order valence-electron chi connectivity index (χ2n) is 3.01. The molecule has 0 atom stereocenters. The molecule has 0 heterocycles. The van der Waals surface area contributed by atoms with Gasteiger partial charge in [-0.05, 0) is 18.2 Å². The topological polar surface area (TPSA) is 74.5 Å². The van der Waals surface area contributed by atoms with Gasteiger partial charge in [-0.2, -0.15) is 10.4 Å². The number of nitrogens with one attached hydrogen (secondary N) is 1. The van der Waals surface area contributed by atoms with Crippen LogP contribution in [0.25, 0.3) is 0 Å². The molecule has 88 valence electrons. The summed E-state index contributed by atoms with van der Waals surface area (Å²) in [5, 5.41) is 12.5. The lowest BCUT2D eigenvalue weighted by molar-refractivity contribution is -0.120. The molecule has 6 heteroatoms. The zero-order chi connectivity index (χ0) is 12.7. The van der Waals surface area contributed by atoms with Gasteiger partial charge in [0.25, 0.3) is 5.91 Å². The number of benzene rings is 1. The highest BCUT2D eigenvalue weighted by Crippen LogP contribution is 2.20. The van der Waals surface area contributed by atoms with E-state index >= 15 is 0 Å². The molecule has 0 unspecified atom stereocenters. The van der Waals surface area contributed by atoms with Crippen molar-refractivity contribution in [1.29, 1.82) is 5.26 Å². The lowest BCUT2D eigenvalue weighted by Crippen LogP contribution is -2.16. The number of hydrogen-bond acceptors (Lipinski definition) is 4. The highest BCUT2D eigenvalue weighted by atomic mass is 35.5. The molecule has 0 saturated carbocycles. The Morgan fingerprint density at radius 2 is 2.47 bits per heavy atom. The van der Waals surface area contributed by atoms with E-state index in [0.29, 0.717) is 16.3 Å².